The van der Waals surface area contributed by atoms with Crippen LogP contribution in [0.25, 0.3) is 11.1 Å². The minimum Gasteiger partial charge on any atom is -0.495 e. The lowest BCUT2D eigenvalue weighted by atomic mass is 9.95. The molecule has 0 aliphatic rings. The lowest BCUT2D eigenvalue weighted by molar-refractivity contribution is 0.417. The fourth-order valence-electron chi connectivity index (χ4n) is 2.60. The second-order valence-electron chi connectivity index (χ2n) is 5.68. The van der Waals surface area contributed by atoms with Crippen molar-refractivity contribution in [3.63, 3.8) is 0 Å². The number of ether oxygens (including phenoxy) is 1. The van der Waals surface area contributed by atoms with Gasteiger partial charge in [0.1, 0.15) is 11.4 Å². The zero-order valence-electron chi connectivity index (χ0n) is 13.6. The van der Waals surface area contributed by atoms with Gasteiger partial charge < -0.3 is 10.1 Å². The second-order valence-corrected chi connectivity index (χ2v) is 6.11. The maximum atomic E-state index is 12.1. The van der Waals surface area contributed by atoms with Crippen LogP contribution in [0.5, 0.6) is 5.75 Å². The molecule has 0 spiro atoms. The summed E-state index contributed by atoms with van der Waals surface area (Å²) in [6.07, 6.45) is 0. The Labute approximate surface area is 144 Å². The van der Waals surface area contributed by atoms with Crippen LogP contribution >= 0.6 is 11.6 Å². The van der Waals surface area contributed by atoms with E-state index in [1.165, 1.54) is 7.11 Å². The molecule has 0 amide bonds. The lowest BCUT2D eigenvalue weighted by Crippen LogP contribution is -2.35. The smallest absolute Gasteiger partial charge is 0.250 e. The first-order valence-electron chi connectivity index (χ1n) is 7.44. The van der Waals surface area contributed by atoms with Crippen molar-refractivity contribution in [1.29, 1.82) is 0 Å². The van der Waals surface area contributed by atoms with Gasteiger partial charge >= 0.3 is 0 Å². The predicted molar refractivity (Wildman–Crippen MR) is 97.6 cm³/mol. The van der Waals surface area contributed by atoms with Crippen LogP contribution < -0.4 is 20.9 Å². The van der Waals surface area contributed by atoms with E-state index in [9.17, 15) is 9.59 Å². The highest BCUT2D eigenvalue weighted by Gasteiger charge is 2.23. The van der Waals surface area contributed by atoms with E-state index in [0.29, 0.717) is 22.0 Å². The van der Waals surface area contributed by atoms with Crippen LogP contribution in [0.4, 0.5) is 11.4 Å². The second kappa shape index (κ2) is 6.13. The van der Waals surface area contributed by atoms with Crippen LogP contribution in [0.2, 0.25) is 5.02 Å². The standard InChI is InChI=1S/C19H16ClNO3/c1-10-4-5-12(8-11(10)2)16-17(19(23)18(16)22)21-14-9-13(20)6-7-15(14)24-3/h4-9,21H,1-3H3. The van der Waals surface area contributed by atoms with Gasteiger partial charge in [-0.1, -0.05) is 29.8 Å². The molecule has 24 heavy (non-hydrogen) atoms. The van der Waals surface area contributed by atoms with E-state index in [1.54, 1.807) is 18.2 Å². The van der Waals surface area contributed by atoms with Crippen molar-refractivity contribution >= 4 is 23.0 Å². The third kappa shape index (κ3) is 2.69. The monoisotopic (exact) mass is 341 g/mol. The number of methoxy groups -OCH3 is 1. The first-order chi connectivity index (χ1) is 11.4. The summed E-state index contributed by atoms with van der Waals surface area (Å²) in [5.41, 5.74) is 3.10. The molecule has 3 aromatic carbocycles. The summed E-state index contributed by atoms with van der Waals surface area (Å²) < 4.78 is 5.27. The summed E-state index contributed by atoms with van der Waals surface area (Å²) in [4.78, 5) is 24.1. The molecule has 0 atom stereocenters. The SMILES string of the molecule is COc1ccc(Cl)cc1Nc1c(-c2ccc(C)c(C)c2)c(=O)c1=O. The Morgan fingerprint density at radius 3 is 2.38 bits per heavy atom. The van der Waals surface area contributed by atoms with E-state index in [4.69, 9.17) is 16.3 Å². The molecule has 0 aromatic heterocycles. The highest BCUT2D eigenvalue weighted by molar-refractivity contribution is 6.31. The van der Waals surface area contributed by atoms with E-state index in [1.807, 2.05) is 32.0 Å². The van der Waals surface area contributed by atoms with Crippen LogP contribution in [-0.4, -0.2) is 7.11 Å². The first kappa shape index (κ1) is 16.3. The molecule has 4 nitrogen and oxygen atoms in total. The average Bonchev–Trinajstić information content (AvgIpc) is 2.57. The Morgan fingerprint density at radius 2 is 1.71 bits per heavy atom. The minimum atomic E-state index is -0.537. The summed E-state index contributed by atoms with van der Waals surface area (Å²) in [7, 11) is 1.53. The predicted octanol–water partition coefficient (Wildman–Crippen LogP) is 3.97. The van der Waals surface area contributed by atoms with Gasteiger partial charge in [0.15, 0.2) is 0 Å². The third-order valence-electron chi connectivity index (χ3n) is 4.13. The van der Waals surface area contributed by atoms with Crippen molar-refractivity contribution in [3.05, 3.63) is 73.0 Å². The molecule has 0 heterocycles. The molecular weight excluding hydrogens is 326 g/mol. The minimum absolute atomic E-state index is 0.267. The summed E-state index contributed by atoms with van der Waals surface area (Å²) in [5, 5.41) is 3.51. The van der Waals surface area contributed by atoms with Gasteiger partial charge in [0, 0.05) is 5.02 Å². The molecule has 0 fully saturated rings. The fourth-order valence-corrected chi connectivity index (χ4v) is 2.77. The van der Waals surface area contributed by atoms with E-state index < -0.39 is 10.9 Å². The topological polar surface area (TPSA) is 55.4 Å². The maximum Gasteiger partial charge on any atom is 0.250 e. The number of halogens is 1. The molecule has 1 N–H and O–H groups in total. The van der Waals surface area contributed by atoms with Gasteiger partial charge in [-0.2, -0.15) is 0 Å². The number of hydrogen-bond donors (Lipinski definition) is 1. The molecule has 0 bridgehead atoms. The maximum absolute atomic E-state index is 12.1. The summed E-state index contributed by atoms with van der Waals surface area (Å²) in [6.45, 7) is 3.97. The van der Waals surface area contributed by atoms with E-state index in [2.05, 4.69) is 5.32 Å². The van der Waals surface area contributed by atoms with Crippen LogP contribution in [0.3, 0.4) is 0 Å². The normalized spacial score (nSPS) is 10.8. The molecule has 3 aromatic rings. The summed E-state index contributed by atoms with van der Waals surface area (Å²) in [5.74, 6) is 0.540. The van der Waals surface area contributed by atoms with Crippen LogP contribution in [0, 0.1) is 13.8 Å². The van der Waals surface area contributed by atoms with Crippen LogP contribution in [-0.2, 0) is 0 Å². The van der Waals surface area contributed by atoms with Crippen molar-refractivity contribution in [2.45, 2.75) is 13.8 Å². The number of anilines is 2. The third-order valence-corrected chi connectivity index (χ3v) is 4.36. The zero-order chi connectivity index (χ0) is 17.4. The van der Waals surface area contributed by atoms with Crippen molar-refractivity contribution in [1.82, 2.24) is 0 Å². The van der Waals surface area contributed by atoms with Gasteiger partial charge in [-0.25, -0.2) is 0 Å². The van der Waals surface area contributed by atoms with E-state index in [-0.39, 0.29) is 5.69 Å². The van der Waals surface area contributed by atoms with Crippen molar-refractivity contribution in [3.8, 4) is 16.9 Å². The van der Waals surface area contributed by atoms with Crippen LogP contribution in [0.15, 0.2) is 46.0 Å². The van der Waals surface area contributed by atoms with Crippen molar-refractivity contribution < 1.29 is 4.74 Å². The van der Waals surface area contributed by atoms with Gasteiger partial charge in [-0.3, -0.25) is 9.59 Å². The number of aryl methyl sites for hydroxylation is 2. The molecule has 3 rings (SSSR count). The molecular formula is C19H16ClNO3. The van der Waals surface area contributed by atoms with E-state index >= 15 is 0 Å². The number of nitrogens with one attached hydrogen (secondary N) is 1. The van der Waals surface area contributed by atoms with Gasteiger partial charge in [0.05, 0.1) is 18.4 Å². The Bertz CT molecular complexity index is 1000. The largest absolute Gasteiger partial charge is 0.495 e. The van der Waals surface area contributed by atoms with Gasteiger partial charge in [-0.05, 0) is 48.7 Å². The molecule has 0 aliphatic heterocycles. The highest BCUT2D eigenvalue weighted by atomic mass is 35.5. The molecule has 0 radical (unpaired) electrons. The molecule has 0 saturated carbocycles. The van der Waals surface area contributed by atoms with Gasteiger partial charge in [0.2, 0.25) is 5.43 Å². The van der Waals surface area contributed by atoms with Crippen molar-refractivity contribution in [2.24, 2.45) is 0 Å². The Kier molecular flexibility index (Phi) is 4.16. The fraction of sp³-hybridized carbons (Fsp3) is 0.158. The number of rotatable bonds is 4. The summed E-state index contributed by atoms with van der Waals surface area (Å²) >= 11 is 6.01. The Morgan fingerprint density at radius 1 is 0.958 bits per heavy atom. The lowest BCUT2D eigenvalue weighted by Gasteiger charge is -2.16. The van der Waals surface area contributed by atoms with E-state index in [0.717, 1.165) is 16.7 Å². The molecule has 0 saturated heterocycles. The molecule has 5 heteroatoms. The molecule has 0 aliphatic carbocycles. The zero-order valence-corrected chi connectivity index (χ0v) is 14.3. The van der Waals surface area contributed by atoms with Gasteiger partial charge in [-0.15, -0.1) is 0 Å². The van der Waals surface area contributed by atoms with Crippen molar-refractivity contribution in [2.75, 3.05) is 12.4 Å². The average molecular weight is 342 g/mol. The highest BCUT2D eigenvalue weighted by Crippen LogP contribution is 2.33. The van der Waals surface area contributed by atoms with Gasteiger partial charge in [0.25, 0.3) is 5.43 Å². The molecule has 122 valence electrons. The summed E-state index contributed by atoms with van der Waals surface area (Å²) in [6, 6.07) is 10.7. The number of benzene rings is 2. The number of hydrogen-bond acceptors (Lipinski definition) is 4. The first-order valence-corrected chi connectivity index (χ1v) is 7.81. The Hall–Kier alpha value is -2.59. The quantitative estimate of drug-likeness (QED) is 0.729. The molecule has 0 unspecified atom stereocenters. The Balaban J connectivity index is 2.07. The van der Waals surface area contributed by atoms with Crippen LogP contribution in [0.1, 0.15) is 11.1 Å².